The first kappa shape index (κ1) is 12.5. The molecule has 4 nitrogen and oxygen atoms in total. The Morgan fingerprint density at radius 2 is 2.19 bits per heavy atom. The first-order valence-corrected chi connectivity index (χ1v) is 5.42. The smallest absolute Gasteiger partial charge is 0.240 e. The number of hydrogen-bond donors (Lipinski definition) is 1. The molecule has 0 aromatic rings. The Morgan fingerprint density at radius 3 is 2.75 bits per heavy atom. The molecule has 0 unspecified atom stereocenters. The van der Waals surface area contributed by atoms with Gasteiger partial charge in [0.15, 0.2) is 0 Å². The highest BCUT2D eigenvalue weighted by atomic mass is 16.5. The van der Waals surface area contributed by atoms with Crippen LogP contribution in [0.1, 0.15) is 26.2 Å². The van der Waals surface area contributed by atoms with E-state index in [1.165, 1.54) is 0 Å². The van der Waals surface area contributed by atoms with Crippen LogP contribution < -0.4 is 5.32 Å². The number of nitriles is 1. The van der Waals surface area contributed by atoms with E-state index >= 15 is 0 Å². The number of carbonyl (C=O) groups is 1. The lowest BCUT2D eigenvalue weighted by atomic mass is 9.81. The maximum Gasteiger partial charge on any atom is 0.240 e. The van der Waals surface area contributed by atoms with Gasteiger partial charge in [0, 0.05) is 26.2 Å². The molecule has 1 heterocycles. The number of carbonyl (C=O) groups excluding carboxylic acids is 1. The molecule has 86 valence electrons. The Hall–Kier alpha value is -1.52. The number of nitrogens with zero attached hydrogens (tertiary/aromatic N) is 1. The maximum atomic E-state index is 11.9. The molecule has 1 N–H and O–H groups in total. The second-order valence-electron chi connectivity index (χ2n) is 3.74. The fraction of sp³-hybridized carbons (Fsp3) is 0.667. The van der Waals surface area contributed by atoms with Gasteiger partial charge in [-0.3, -0.25) is 4.79 Å². The van der Waals surface area contributed by atoms with E-state index in [4.69, 9.17) is 10.00 Å². The predicted molar refractivity (Wildman–Crippen MR) is 59.2 cm³/mol. The molecule has 0 saturated carbocycles. The number of rotatable bonds is 3. The fourth-order valence-electron chi connectivity index (χ4n) is 1.64. The third-order valence-electron chi connectivity index (χ3n) is 2.71. The summed E-state index contributed by atoms with van der Waals surface area (Å²) in [6, 6.07) is 2.13. The van der Waals surface area contributed by atoms with Crippen molar-refractivity contribution in [3.8, 4) is 17.9 Å². The summed E-state index contributed by atoms with van der Waals surface area (Å²) in [5.41, 5.74) is -0.891. The van der Waals surface area contributed by atoms with Crippen molar-refractivity contribution in [1.29, 1.82) is 5.26 Å². The zero-order valence-electron chi connectivity index (χ0n) is 9.51. The summed E-state index contributed by atoms with van der Waals surface area (Å²) in [4.78, 5) is 11.9. The van der Waals surface area contributed by atoms with Crippen molar-refractivity contribution in [2.45, 2.75) is 26.2 Å². The Labute approximate surface area is 96.0 Å². The minimum atomic E-state index is -0.891. The van der Waals surface area contributed by atoms with E-state index in [9.17, 15) is 4.79 Å². The molecule has 1 aliphatic rings. The van der Waals surface area contributed by atoms with Gasteiger partial charge in [-0.25, -0.2) is 0 Å². The first-order chi connectivity index (χ1) is 7.75. The molecule has 1 rings (SSSR count). The molecule has 0 bridgehead atoms. The van der Waals surface area contributed by atoms with E-state index in [1.807, 2.05) is 0 Å². The highest BCUT2D eigenvalue weighted by molar-refractivity contribution is 5.85. The van der Waals surface area contributed by atoms with Gasteiger partial charge < -0.3 is 10.1 Å². The minimum Gasteiger partial charge on any atom is -0.381 e. The van der Waals surface area contributed by atoms with Gasteiger partial charge in [-0.05, 0) is 19.8 Å². The van der Waals surface area contributed by atoms with Crippen molar-refractivity contribution >= 4 is 5.91 Å². The second-order valence-corrected chi connectivity index (χ2v) is 3.74. The standard InChI is InChI=1S/C12H16N2O2/c1-2-3-4-7-14-11(15)12(10-13)5-8-16-9-6-12/h4-9H2,1H3,(H,14,15). The highest BCUT2D eigenvalue weighted by Gasteiger charge is 2.40. The van der Waals surface area contributed by atoms with Crippen LogP contribution in [0.5, 0.6) is 0 Å². The third-order valence-corrected chi connectivity index (χ3v) is 2.71. The molecule has 1 amide bonds. The zero-order chi connectivity index (χ0) is 11.9. The summed E-state index contributed by atoms with van der Waals surface area (Å²) in [6.07, 6.45) is 1.59. The Balaban J connectivity index is 2.48. The molecule has 16 heavy (non-hydrogen) atoms. The van der Waals surface area contributed by atoms with E-state index in [0.29, 0.717) is 39.0 Å². The Kier molecular flexibility index (Phi) is 4.82. The van der Waals surface area contributed by atoms with Crippen LogP contribution in [0.15, 0.2) is 0 Å². The molecule has 0 radical (unpaired) electrons. The molecular weight excluding hydrogens is 204 g/mol. The SMILES string of the molecule is CC#CCCNC(=O)C1(C#N)CCOCC1. The van der Waals surface area contributed by atoms with Crippen LogP contribution in [0.2, 0.25) is 0 Å². The number of hydrogen-bond acceptors (Lipinski definition) is 3. The summed E-state index contributed by atoms with van der Waals surface area (Å²) in [5, 5.41) is 11.9. The molecule has 1 saturated heterocycles. The van der Waals surface area contributed by atoms with Crippen LogP contribution in [-0.2, 0) is 9.53 Å². The van der Waals surface area contributed by atoms with Crippen LogP contribution in [0, 0.1) is 28.6 Å². The van der Waals surface area contributed by atoms with Crippen molar-refractivity contribution in [2.24, 2.45) is 5.41 Å². The van der Waals surface area contributed by atoms with E-state index < -0.39 is 5.41 Å². The predicted octanol–water partition coefficient (Wildman–Crippen LogP) is 0.836. The molecule has 1 fully saturated rings. The monoisotopic (exact) mass is 220 g/mol. The number of nitrogens with one attached hydrogen (secondary N) is 1. The second kappa shape index (κ2) is 6.15. The van der Waals surface area contributed by atoms with Gasteiger partial charge in [0.1, 0.15) is 5.41 Å². The highest BCUT2D eigenvalue weighted by Crippen LogP contribution is 2.29. The van der Waals surface area contributed by atoms with Crippen molar-refractivity contribution < 1.29 is 9.53 Å². The first-order valence-electron chi connectivity index (χ1n) is 5.42. The molecule has 4 heteroatoms. The van der Waals surface area contributed by atoms with Crippen LogP contribution in [0.4, 0.5) is 0 Å². The van der Waals surface area contributed by atoms with Gasteiger partial charge >= 0.3 is 0 Å². The van der Waals surface area contributed by atoms with Crippen molar-refractivity contribution in [1.82, 2.24) is 5.32 Å². The van der Waals surface area contributed by atoms with Gasteiger partial charge in [0.2, 0.25) is 5.91 Å². The van der Waals surface area contributed by atoms with E-state index in [1.54, 1.807) is 6.92 Å². The summed E-state index contributed by atoms with van der Waals surface area (Å²) in [5.74, 6) is 5.44. The van der Waals surface area contributed by atoms with Gasteiger partial charge in [0.25, 0.3) is 0 Å². The van der Waals surface area contributed by atoms with Crippen LogP contribution in [-0.4, -0.2) is 25.7 Å². The van der Waals surface area contributed by atoms with Crippen molar-refractivity contribution in [3.63, 3.8) is 0 Å². The van der Waals surface area contributed by atoms with E-state index in [0.717, 1.165) is 0 Å². The minimum absolute atomic E-state index is 0.184. The fourth-order valence-corrected chi connectivity index (χ4v) is 1.64. The molecule has 0 aromatic carbocycles. The largest absolute Gasteiger partial charge is 0.381 e. The van der Waals surface area contributed by atoms with Crippen LogP contribution in [0.3, 0.4) is 0 Å². The quantitative estimate of drug-likeness (QED) is 0.566. The van der Waals surface area contributed by atoms with Gasteiger partial charge in [-0.1, -0.05) is 0 Å². The summed E-state index contributed by atoms with van der Waals surface area (Å²) >= 11 is 0. The molecule has 0 aromatic heterocycles. The molecule has 0 spiro atoms. The lowest BCUT2D eigenvalue weighted by Gasteiger charge is -2.29. The average Bonchev–Trinajstić information content (AvgIpc) is 2.35. The summed E-state index contributed by atoms with van der Waals surface area (Å²) in [6.45, 7) is 3.23. The normalized spacial score (nSPS) is 17.8. The Bertz CT molecular complexity index is 340. The average molecular weight is 220 g/mol. The van der Waals surface area contributed by atoms with Crippen molar-refractivity contribution in [3.05, 3.63) is 0 Å². The van der Waals surface area contributed by atoms with Crippen LogP contribution in [0.25, 0.3) is 0 Å². The van der Waals surface area contributed by atoms with Gasteiger partial charge in [-0.2, -0.15) is 5.26 Å². The van der Waals surface area contributed by atoms with Gasteiger partial charge in [-0.15, -0.1) is 11.8 Å². The van der Waals surface area contributed by atoms with E-state index in [2.05, 4.69) is 23.2 Å². The van der Waals surface area contributed by atoms with Crippen molar-refractivity contribution in [2.75, 3.05) is 19.8 Å². The third kappa shape index (κ3) is 2.98. The zero-order valence-corrected chi connectivity index (χ0v) is 9.51. The number of ether oxygens (including phenoxy) is 1. The van der Waals surface area contributed by atoms with Crippen LogP contribution >= 0.6 is 0 Å². The molecular formula is C12H16N2O2. The molecule has 0 atom stereocenters. The van der Waals surface area contributed by atoms with E-state index in [-0.39, 0.29) is 5.91 Å². The topological polar surface area (TPSA) is 62.1 Å². The molecule has 0 aliphatic carbocycles. The molecule has 1 aliphatic heterocycles. The maximum absolute atomic E-state index is 11.9. The van der Waals surface area contributed by atoms with Gasteiger partial charge in [0.05, 0.1) is 6.07 Å². The Morgan fingerprint density at radius 1 is 1.50 bits per heavy atom. The lowest BCUT2D eigenvalue weighted by molar-refractivity contribution is -0.132. The summed E-state index contributed by atoms with van der Waals surface area (Å²) < 4.78 is 5.17. The lowest BCUT2D eigenvalue weighted by Crippen LogP contribution is -2.44. The summed E-state index contributed by atoms with van der Waals surface area (Å²) in [7, 11) is 0. The number of amides is 1.